The average Bonchev–Trinajstić information content (AvgIpc) is 3.33. The van der Waals surface area contributed by atoms with Crippen LogP contribution >= 0.6 is 0 Å². The first-order chi connectivity index (χ1) is 13.9. The highest BCUT2D eigenvalue weighted by Crippen LogP contribution is 2.26. The van der Waals surface area contributed by atoms with Crippen LogP contribution in [0.4, 0.5) is 0 Å². The van der Waals surface area contributed by atoms with Crippen LogP contribution in [0.1, 0.15) is 17.4 Å². The molecular weight excluding hydrogens is 348 g/mol. The molecule has 2 aromatic carbocycles. The summed E-state index contributed by atoms with van der Waals surface area (Å²) in [7, 11) is 0. The number of nitrogens with zero attached hydrogens (tertiary/aromatic N) is 4. The number of rotatable bonds is 4. The molecule has 1 aromatic heterocycles. The van der Waals surface area contributed by atoms with Crippen LogP contribution in [0.2, 0.25) is 0 Å². The molecule has 1 fully saturated rings. The van der Waals surface area contributed by atoms with Crippen molar-refractivity contribution in [1.82, 2.24) is 30.5 Å². The van der Waals surface area contributed by atoms with E-state index in [2.05, 4.69) is 85.1 Å². The van der Waals surface area contributed by atoms with E-state index >= 15 is 0 Å². The van der Waals surface area contributed by atoms with E-state index in [9.17, 15) is 0 Å². The lowest BCUT2D eigenvalue weighted by atomic mass is 9.94. The molecule has 0 bridgehead atoms. The number of aromatic nitrogens is 3. The fraction of sp³-hybridized carbons (Fsp3) is 0.364. The van der Waals surface area contributed by atoms with Gasteiger partial charge in [-0.1, -0.05) is 60.7 Å². The predicted octanol–water partition coefficient (Wildman–Crippen LogP) is 2.27. The lowest BCUT2D eigenvalue weighted by Gasteiger charge is -2.26. The molecular formula is C22H26N6. The van der Waals surface area contributed by atoms with Crippen LogP contribution in [-0.4, -0.2) is 45.8 Å². The van der Waals surface area contributed by atoms with Crippen molar-refractivity contribution >= 4 is 0 Å². The molecule has 0 saturated carbocycles. The summed E-state index contributed by atoms with van der Waals surface area (Å²) in [4.78, 5) is 2.58. The van der Waals surface area contributed by atoms with E-state index in [4.69, 9.17) is 0 Å². The Bertz CT molecular complexity index is 907. The Morgan fingerprint density at radius 2 is 1.68 bits per heavy atom. The topological polar surface area (TPSA) is 58.0 Å². The Labute approximate surface area is 165 Å². The molecule has 0 aliphatic carbocycles. The van der Waals surface area contributed by atoms with Gasteiger partial charge in [0, 0.05) is 50.6 Å². The van der Waals surface area contributed by atoms with Crippen molar-refractivity contribution in [2.45, 2.75) is 19.0 Å². The SMILES string of the molecule is c1ccc(-c2nnc3n2CCN(CC2CNNC2c2ccccc2)CC3)cc1. The summed E-state index contributed by atoms with van der Waals surface area (Å²) >= 11 is 0. The standard InChI is InChI=1S/C22H26N6/c1-3-7-17(8-4-1)21-19(15-23-25-21)16-27-12-11-20-24-26-22(28(20)14-13-27)18-9-5-2-6-10-18/h1-10,19,21,23,25H,11-16H2. The van der Waals surface area contributed by atoms with Crippen LogP contribution in [0.25, 0.3) is 11.4 Å². The Balaban J connectivity index is 1.28. The van der Waals surface area contributed by atoms with Gasteiger partial charge >= 0.3 is 0 Å². The van der Waals surface area contributed by atoms with Gasteiger partial charge in [-0.2, -0.15) is 0 Å². The molecule has 2 aliphatic rings. The highest BCUT2D eigenvalue weighted by molar-refractivity contribution is 5.55. The number of nitrogens with one attached hydrogen (secondary N) is 2. The molecule has 28 heavy (non-hydrogen) atoms. The second kappa shape index (κ2) is 7.83. The van der Waals surface area contributed by atoms with Gasteiger partial charge in [0.25, 0.3) is 0 Å². The molecule has 6 heteroatoms. The molecule has 0 radical (unpaired) electrons. The molecule has 3 heterocycles. The Morgan fingerprint density at radius 1 is 0.893 bits per heavy atom. The molecule has 3 aromatic rings. The van der Waals surface area contributed by atoms with Gasteiger partial charge in [0.15, 0.2) is 5.82 Å². The van der Waals surface area contributed by atoms with Gasteiger partial charge in [-0.05, 0) is 5.56 Å². The van der Waals surface area contributed by atoms with E-state index in [0.717, 1.165) is 56.4 Å². The molecule has 144 valence electrons. The second-order valence-corrected chi connectivity index (χ2v) is 7.68. The normalized spacial score (nSPS) is 22.7. The second-order valence-electron chi connectivity index (χ2n) is 7.68. The third-order valence-corrected chi connectivity index (χ3v) is 5.90. The third kappa shape index (κ3) is 3.46. The lowest BCUT2D eigenvalue weighted by Crippen LogP contribution is -2.35. The first-order valence-electron chi connectivity index (χ1n) is 10.1. The fourth-order valence-electron chi connectivity index (χ4n) is 4.40. The van der Waals surface area contributed by atoms with Gasteiger partial charge < -0.3 is 9.47 Å². The molecule has 2 unspecified atom stereocenters. The Morgan fingerprint density at radius 3 is 2.50 bits per heavy atom. The van der Waals surface area contributed by atoms with E-state index < -0.39 is 0 Å². The first-order valence-corrected chi connectivity index (χ1v) is 10.1. The molecule has 2 aliphatic heterocycles. The number of hydrogen-bond acceptors (Lipinski definition) is 5. The summed E-state index contributed by atoms with van der Waals surface area (Å²) in [6.07, 6.45) is 0.948. The lowest BCUT2D eigenvalue weighted by molar-refractivity contribution is 0.230. The minimum atomic E-state index is 0.364. The molecule has 5 rings (SSSR count). The quantitative estimate of drug-likeness (QED) is 0.734. The van der Waals surface area contributed by atoms with Crippen LogP contribution in [0, 0.1) is 5.92 Å². The van der Waals surface area contributed by atoms with E-state index in [0.29, 0.717) is 12.0 Å². The smallest absolute Gasteiger partial charge is 0.164 e. The monoisotopic (exact) mass is 374 g/mol. The van der Waals surface area contributed by atoms with Gasteiger partial charge in [0.1, 0.15) is 5.82 Å². The van der Waals surface area contributed by atoms with E-state index in [1.807, 2.05) is 6.07 Å². The van der Waals surface area contributed by atoms with Crippen molar-refractivity contribution in [3.05, 3.63) is 72.1 Å². The molecule has 0 amide bonds. The van der Waals surface area contributed by atoms with Gasteiger partial charge in [-0.25, -0.2) is 5.43 Å². The maximum atomic E-state index is 4.48. The largest absolute Gasteiger partial charge is 0.310 e. The zero-order chi connectivity index (χ0) is 18.8. The van der Waals surface area contributed by atoms with Crippen LogP contribution in [0.15, 0.2) is 60.7 Å². The van der Waals surface area contributed by atoms with Crippen LogP contribution < -0.4 is 10.9 Å². The predicted molar refractivity (Wildman–Crippen MR) is 109 cm³/mol. The van der Waals surface area contributed by atoms with Crippen LogP contribution in [0.5, 0.6) is 0 Å². The summed E-state index contributed by atoms with van der Waals surface area (Å²) in [6.45, 7) is 5.08. The summed E-state index contributed by atoms with van der Waals surface area (Å²) in [5.41, 5.74) is 9.33. The van der Waals surface area contributed by atoms with E-state index in [1.165, 1.54) is 5.56 Å². The maximum Gasteiger partial charge on any atom is 0.164 e. The summed E-state index contributed by atoms with van der Waals surface area (Å²) in [6, 6.07) is 21.5. The van der Waals surface area contributed by atoms with Gasteiger partial charge in [0.2, 0.25) is 0 Å². The first kappa shape index (κ1) is 17.6. The molecule has 2 atom stereocenters. The number of benzene rings is 2. The zero-order valence-electron chi connectivity index (χ0n) is 16.0. The molecule has 6 nitrogen and oxygen atoms in total. The van der Waals surface area contributed by atoms with Crippen LogP contribution in [0.3, 0.4) is 0 Å². The number of hydrazine groups is 1. The fourth-order valence-corrected chi connectivity index (χ4v) is 4.40. The van der Waals surface area contributed by atoms with Gasteiger partial charge in [-0.3, -0.25) is 5.43 Å². The zero-order valence-corrected chi connectivity index (χ0v) is 16.0. The van der Waals surface area contributed by atoms with Crippen molar-refractivity contribution < 1.29 is 0 Å². The number of fused-ring (bicyclic) bond motifs is 1. The summed E-state index contributed by atoms with van der Waals surface area (Å²) in [5, 5.41) is 8.95. The highest BCUT2D eigenvalue weighted by Gasteiger charge is 2.30. The Hall–Kier alpha value is -2.54. The third-order valence-electron chi connectivity index (χ3n) is 5.90. The Kier molecular flexibility index (Phi) is 4.91. The summed E-state index contributed by atoms with van der Waals surface area (Å²) < 4.78 is 2.30. The van der Waals surface area contributed by atoms with Crippen molar-refractivity contribution in [2.24, 2.45) is 5.92 Å². The average molecular weight is 374 g/mol. The van der Waals surface area contributed by atoms with Crippen molar-refractivity contribution in [1.29, 1.82) is 0 Å². The minimum absolute atomic E-state index is 0.364. The van der Waals surface area contributed by atoms with Gasteiger partial charge in [-0.15, -0.1) is 10.2 Å². The van der Waals surface area contributed by atoms with Crippen LogP contribution in [-0.2, 0) is 13.0 Å². The minimum Gasteiger partial charge on any atom is -0.310 e. The highest BCUT2D eigenvalue weighted by atomic mass is 15.4. The summed E-state index contributed by atoms with van der Waals surface area (Å²) in [5.74, 6) is 2.65. The van der Waals surface area contributed by atoms with Crippen molar-refractivity contribution in [3.8, 4) is 11.4 Å². The van der Waals surface area contributed by atoms with Crippen molar-refractivity contribution in [3.63, 3.8) is 0 Å². The van der Waals surface area contributed by atoms with E-state index in [1.54, 1.807) is 0 Å². The molecule has 0 spiro atoms. The maximum absolute atomic E-state index is 4.48. The molecule has 2 N–H and O–H groups in total. The molecule has 1 saturated heterocycles. The van der Waals surface area contributed by atoms with Gasteiger partial charge in [0.05, 0.1) is 6.04 Å². The number of hydrogen-bond donors (Lipinski definition) is 2. The van der Waals surface area contributed by atoms with Crippen molar-refractivity contribution in [2.75, 3.05) is 26.2 Å². The van der Waals surface area contributed by atoms with E-state index in [-0.39, 0.29) is 0 Å².